The Labute approximate surface area is 110 Å². The zero-order valence-electron chi connectivity index (χ0n) is 9.95. The summed E-state index contributed by atoms with van der Waals surface area (Å²) in [4.78, 5) is 8.01. The van der Waals surface area contributed by atoms with Gasteiger partial charge in [0.15, 0.2) is 0 Å². The molecule has 2 aromatic rings. The Morgan fingerprint density at radius 2 is 1.94 bits per heavy atom. The summed E-state index contributed by atoms with van der Waals surface area (Å²) in [6.07, 6.45) is 3.21. The number of hydrogen-bond acceptors (Lipinski definition) is 4. The van der Waals surface area contributed by atoms with Crippen molar-refractivity contribution in [2.75, 3.05) is 0 Å². The molecule has 2 atom stereocenters. The molecule has 0 radical (unpaired) electrons. The quantitative estimate of drug-likeness (QED) is 0.680. The lowest BCUT2D eigenvalue weighted by molar-refractivity contribution is 0.624. The molecular formula is C13H14FN3S. The van der Waals surface area contributed by atoms with E-state index in [-0.39, 0.29) is 17.1 Å². The van der Waals surface area contributed by atoms with E-state index in [1.165, 1.54) is 18.5 Å². The van der Waals surface area contributed by atoms with Crippen LogP contribution in [0.2, 0.25) is 0 Å². The van der Waals surface area contributed by atoms with Crippen molar-refractivity contribution in [2.24, 2.45) is 5.73 Å². The van der Waals surface area contributed by atoms with Crippen LogP contribution in [0.4, 0.5) is 4.39 Å². The molecule has 1 heterocycles. The van der Waals surface area contributed by atoms with Crippen LogP contribution in [0.3, 0.4) is 0 Å². The maximum absolute atomic E-state index is 12.8. The predicted octanol–water partition coefficient (Wildman–Crippen LogP) is 2.80. The summed E-state index contributed by atoms with van der Waals surface area (Å²) in [5.41, 5.74) is 7.07. The van der Waals surface area contributed by atoms with Crippen LogP contribution in [0.1, 0.15) is 18.5 Å². The molecule has 0 aliphatic rings. The van der Waals surface area contributed by atoms with E-state index >= 15 is 0 Å². The molecule has 0 aliphatic heterocycles. The fourth-order valence-electron chi connectivity index (χ4n) is 1.57. The van der Waals surface area contributed by atoms with Gasteiger partial charge in [-0.15, -0.1) is 11.8 Å². The van der Waals surface area contributed by atoms with Gasteiger partial charge in [0.05, 0.1) is 5.03 Å². The van der Waals surface area contributed by atoms with Crippen molar-refractivity contribution >= 4 is 11.8 Å². The zero-order chi connectivity index (χ0) is 13.0. The number of nitrogens with two attached hydrogens (primary N) is 1. The van der Waals surface area contributed by atoms with Crippen molar-refractivity contribution in [3.8, 4) is 0 Å². The Hall–Kier alpha value is -1.46. The Morgan fingerprint density at radius 3 is 2.56 bits per heavy atom. The summed E-state index contributed by atoms with van der Waals surface area (Å²) in [5, 5.41) is 1.03. The Kier molecular flexibility index (Phi) is 4.28. The summed E-state index contributed by atoms with van der Waals surface area (Å²) in [6.45, 7) is 2.03. The van der Waals surface area contributed by atoms with Crippen molar-refractivity contribution < 1.29 is 4.39 Å². The molecule has 94 valence electrons. The molecule has 1 aromatic carbocycles. The summed E-state index contributed by atoms with van der Waals surface area (Å²) < 4.78 is 12.8. The maximum Gasteiger partial charge on any atom is 0.123 e. The molecule has 2 unspecified atom stereocenters. The van der Waals surface area contributed by atoms with E-state index in [0.29, 0.717) is 0 Å². The minimum absolute atomic E-state index is 0.144. The third-order valence-electron chi connectivity index (χ3n) is 2.62. The second-order valence-electron chi connectivity index (χ2n) is 3.95. The van der Waals surface area contributed by atoms with Crippen LogP contribution in [0.15, 0.2) is 47.9 Å². The highest BCUT2D eigenvalue weighted by atomic mass is 32.2. The average molecular weight is 263 g/mol. The van der Waals surface area contributed by atoms with Crippen LogP contribution >= 0.6 is 11.8 Å². The van der Waals surface area contributed by atoms with Gasteiger partial charge in [0.25, 0.3) is 0 Å². The fraction of sp³-hybridized carbons (Fsp3) is 0.231. The van der Waals surface area contributed by atoms with Gasteiger partial charge in [-0.3, -0.25) is 0 Å². The molecule has 0 saturated heterocycles. The van der Waals surface area contributed by atoms with Gasteiger partial charge in [-0.2, -0.15) is 0 Å². The van der Waals surface area contributed by atoms with Crippen LogP contribution < -0.4 is 5.73 Å². The first-order valence-corrected chi connectivity index (χ1v) is 6.48. The maximum atomic E-state index is 12.8. The lowest BCUT2D eigenvalue weighted by atomic mass is 10.1. The minimum atomic E-state index is -0.248. The van der Waals surface area contributed by atoms with E-state index in [1.54, 1.807) is 30.1 Å². The zero-order valence-corrected chi connectivity index (χ0v) is 10.8. The molecule has 2 rings (SSSR count). The van der Waals surface area contributed by atoms with Crippen molar-refractivity contribution in [1.82, 2.24) is 9.97 Å². The van der Waals surface area contributed by atoms with Crippen LogP contribution in [0.5, 0.6) is 0 Å². The highest BCUT2D eigenvalue weighted by molar-refractivity contribution is 7.99. The van der Waals surface area contributed by atoms with Gasteiger partial charge in [0, 0.05) is 17.5 Å². The second kappa shape index (κ2) is 5.93. The molecule has 1 aromatic heterocycles. The van der Waals surface area contributed by atoms with Gasteiger partial charge in [0.2, 0.25) is 0 Å². The predicted molar refractivity (Wildman–Crippen MR) is 70.7 cm³/mol. The van der Waals surface area contributed by atoms with Crippen molar-refractivity contribution in [3.05, 3.63) is 54.2 Å². The summed E-state index contributed by atoms with van der Waals surface area (Å²) in [6, 6.07) is 7.98. The standard InChI is InChI=1S/C13H14FN3S/c1-9(18-12-6-7-16-8-17-12)13(15)10-2-4-11(14)5-3-10/h2-9,13H,15H2,1H3. The monoisotopic (exact) mass is 263 g/mol. The van der Waals surface area contributed by atoms with Gasteiger partial charge in [-0.1, -0.05) is 19.1 Å². The molecule has 0 bridgehead atoms. The second-order valence-corrected chi connectivity index (χ2v) is 5.35. The van der Waals surface area contributed by atoms with E-state index < -0.39 is 0 Å². The molecule has 0 amide bonds. The molecule has 2 N–H and O–H groups in total. The molecule has 0 aliphatic carbocycles. The number of rotatable bonds is 4. The Bertz CT molecular complexity index is 489. The normalized spacial score (nSPS) is 14.2. The topological polar surface area (TPSA) is 51.8 Å². The molecule has 0 saturated carbocycles. The number of benzene rings is 1. The van der Waals surface area contributed by atoms with Crippen molar-refractivity contribution in [2.45, 2.75) is 23.2 Å². The Balaban J connectivity index is 2.05. The molecular weight excluding hydrogens is 249 g/mol. The van der Waals surface area contributed by atoms with Crippen molar-refractivity contribution in [3.63, 3.8) is 0 Å². The van der Waals surface area contributed by atoms with Gasteiger partial charge in [0.1, 0.15) is 12.1 Å². The van der Waals surface area contributed by atoms with Crippen LogP contribution in [-0.2, 0) is 0 Å². The molecule has 0 spiro atoms. The highest BCUT2D eigenvalue weighted by Gasteiger charge is 2.16. The van der Waals surface area contributed by atoms with Gasteiger partial charge < -0.3 is 5.73 Å². The van der Waals surface area contributed by atoms with Crippen LogP contribution in [-0.4, -0.2) is 15.2 Å². The van der Waals surface area contributed by atoms with Gasteiger partial charge in [-0.05, 0) is 23.8 Å². The Morgan fingerprint density at radius 1 is 1.22 bits per heavy atom. The van der Waals surface area contributed by atoms with Gasteiger partial charge in [-0.25, -0.2) is 14.4 Å². The molecule has 3 nitrogen and oxygen atoms in total. The number of nitrogens with zero attached hydrogens (tertiary/aromatic N) is 2. The van der Waals surface area contributed by atoms with Crippen molar-refractivity contribution in [1.29, 1.82) is 0 Å². The van der Waals surface area contributed by atoms with E-state index in [4.69, 9.17) is 5.73 Å². The summed E-state index contributed by atoms with van der Waals surface area (Å²) >= 11 is 1.58. The highest BCUT2D eigenvalue weighted by Crippen LogP contribution is 2.29. The smallest absolute Gasteiger partial charge is 0.123 e. The average Bonchev–Trinajstić information content (AvgIpc) is 2.40. The van der Waals surface area contributed by atoms with Crippen LogP contribution in [0, 0.1) is 5.82 Å². The van der Waals surface area contributed by atoms with Gasteiger partial charge >= 0.3 is 0 Å². The lowest BCUT2D eigenvalue weighted by Gasteiger charge is -2.19. The van der Waals surface area contributed by atoms with Crippen LogP contribution in [0.25, 0.3) is 0 Å². The molecule has 5 heteroatoms. The van der Waals surface area contributed by atoms with E-state index in [9.17, 15) is 4.39 Å². The first kappa shape index (κ1) is 13.0. The summed E-state index contributed by atoms with van der Waals surface area (Å²) in [5.74, 6) is -0.248. The lowest BCUT2D eigenvalue weighted by Crippen LogP contribution is -2.21. The molecule has 18 heavy (non-hydrogen) atoms. The number of aromatic nitrogens is 2. The SMILES string of the molecule is CC(Sc1ccncn1)C(N)c1ccc(F)cc1. The third kappa shape index (κ3) is 3.27. The van der Waals surface area contributed by atoms with E-state index in [2.05, 4.69) is 9.97 Å². The number of hydrogen-bond donors (Lipinski definition) is 1. The number of halogens is 1. The first-order chi connectivity index (χ1) is 8.66. The first-order valence-electron chi connectivity index (χ1n) is 5.60. The fourth-order valence-corrected chi connectivity index (χ4v) is 2.50. The van der Waals surface area contributed by atoms with E-state index in [1.807, 2.05) is 13.0 Å². The number of thioether (sulfide) groups is 1. The van der Waals surface area contributed by atoms with E-state index in [0.717, 1.165) is 10.6 Å². The summed E-state index contributed by atoms with van der Waals surface area (Å²) in [7, 11) is 0. The largest absolute Gasteiger partial charge is 0.323 e. The third-order valence-corrected chi connectivity index (χ3v) is 3.77. The minimum Gasteiger partial charge on any atom is -0.323 e. The molecule has 0 fully saturated rings.